The second kappa shape index (κ2) is 6.36. The molecule has 1 aromatic heterocycles. The van der Waals surface area contributed by atoms with Crippen LogP contribution < -0.4 is 0 Å². The molecule has 1 saturated heterocycles. The molecule has 0 N–H and O–H groups in total. The predicted octanol–water partition coefficient (Wildman–Crippen LogP) is 3.79. The summed E-state index contributed by atoms with van der Waals surface area (Å²) in [7, 11) is 2.01. The summed E-state index contributed by atoms with van der Waals surface area (Å²) in [6.45, 7) is 2.82. The Morgan fingerprint density at radius 2 is 2.00 bits per heavy atom. The van der Waals surface area contributed by atoms with Crippen LogP contribution in [0.1, 0.15) is 36.0 Å². The van der Waals surface area contributed by atoms with E-state index < -0.39 is 0 Å². The van der Waals surface area contributed by atoms with Gasteiger partial charge in [0.1, 0.15) is 5.82 Å². The summed E-state index contributed by atoms with van der Waals surface area (Å²) in [6.07, 6.45) is 4.51. The third-order valence-corrected chi connectivity index (χ3v) is 5.07. The quantitative estimate of drug-likeness (QED) is 0.731. The number of nitrogens with zero attached hydrogens (tertiary/aromatic N) is 3. The van der Waals surface area contributed by atoms with Crippen molar-refractivity contribution in [3.63, 3.8) is 0 Å². The van der Waals surface area contributed by atoms with Gasteiger partial charge in [-0.2, -0.15) is 0 Å². The Labute approximate surface area is 148 Å². The first-order valence-electron chi connectivity index (χ1n) is 8.89. The predicted molar refractivity (Wildman–Crippen MR) is 99.3 cm³/mol. The number of aryl methyl sites for hydroxylation is 2. The molecule has 0 radical (unpaired) electrons. The highest BCUT2D eigenvalue weighted by atomic mass is 16.2. The summed E-state index contributed by atoms with van der Waals surface area (Å²) < 4.78 is 2.06. The number of aromatic nitrogens is 2. The Balaban J connectivity index is 1.55. The van der Waals surface area contributed by atoms with E-state index in [4.69, 9.17) is 0 Å². The van der Waals surface area contributed by atoms with Gasteiger partial charge in [-0.15, -0.1) is 0 Å². The molecular formula is C21H23N3O. The van der Waals surface area contributed by atoms with E-state index in [0.29, 0.717) is 6.42 Å². The second-order valence-corrected chi connectivity index (χ2v) is 6.95. The fourth-order valence-electron chi connectivity index (χ4n) is 3.90. The first kappa shape index (κ1) is 15.9. The largest absolute Gasteiger partial charge is 0.336 e. The SMILES string of the molecule is Cc1cn(C)c([C@H]2CCCN2C(=O)Cc2ccc3ccccc3c2)n1. The maximum atomic E-state index is 12.9. The van der Waals surface area contributed by atoms with Crippen molar-refractivity contribution in [1.82, 2.24) is 14.5 Å². The van der Waals surface area contributed by atoms with Gasteiger partial charge in [0.2, 0.25) is 5.91 Å². The van der Waals surface area contributed by atoms with Crippen LogP contribution in [0.2, 0.25) is 0 Å². The Morgan fingerprint density at radius 3 is 2.76 bits per heavy atom. The number of rotatable bonds is 3. The number of hydrogen-bond acceptors (Lipinski definition) is 2. The number of carbonyl (C=O) groups excluding carboxylic acids is 1. The van der Waals surface area contributed by atoms with Gasteiger partial charge in [-0.1, -0.05) is 42.5 Å². The normalized spacial score (nSPS) is 17.4. The average molecular weight is 333 g/mol. The van der Waals surface area contributed by atoms with Crippen LogP contribution in [-0.2, 0) is 18.3 Å². The summed E-state index contributed by atoms with van der Waals surface area (Å²) in [6, 6.07) is 14.7. The highest BCUT2D eigenvalue weighted by Crippen LogP contribution is 2.31. The van der Waals surface area contributed by atoms with Crippen molar-refractivity contribution in [2.45, 2.75) is 32.2 Å². The smallest absolute Gasteiger partial charge is 0.227 e. The molecule has 2 heterocycles. The van der Waals surface area contributed by atoms with Crippen LogP contribution >= 0.6 is 0 Å². The van der Waals surface area contributed by atoms with Gasteiger partial charge in [-0.05, 0) is 36.1 Å². The van der Waals surface area contributed by atoms with Crippen LogP contribution in [0, 0.1) is 6.92 Å². The third-order valence-electron chi connectivity index (χ3n) is 5.07. The fraction of sp³-hybridized carbons (Fsp3) is 0.333. The van der Waals surface area contributed by atoms with E-state index in [1.807, 2.05) is 37.2 Å². The lowest BCUT2D eigenvalue weighted by Gasteiger charge is -2.24. The highest BCUT2D eigenvalue weighted by Gasteiger charge is 2.32. The first-order chi connectivity index (χ1) is 12.1. The first-order valence-corrected chi connectivity index (χ1v) is 8.89. The Kier molecular flexibility index (Phi) is 4.04. The van der Waals surface area contributed by atoms with Crippen LogP contribution in [0.25, 0.3) is 10.8 Å². The van der Waals surface area contributed by atoms with Gasteiger partial charge in [-0.3, -0.25) is 4.79 Å². The number of amides is 1. The number of carbonyl (C=O) groups is 1. The minimum Gasteiger partial charge on any atom is -0.336 e. The molecule has 1 fully saturated rings. The Morgan fingerprint density at radius 1 is 1.20 bits per heavy atom. The van der Waals surface area contributed by atoms with Crippen molar-refractivity contribution < 1.29 is 4.79 Å². The number of benzene rings is 2. The lowest BCUT2D eigenvalue weighted by atomic mass is 10.0. The summed E-state index contributed by atoms with van der Waals surface area (Å²) in [5.41, 5.74) is 2.08. The van der Waals surface area contributed by atoms with Gasteiger partial charge in [0, 0.05) is 19.8 Å². The topological polar surface area (TPSA) is 38.1 Å². The van der Waals surface area contributed by atoms with E-state index in [1.54, 1.807) is 0 Å². The Hall–Kier alpha value is -2.62. The molecule has 25 heavy (non-hydrogen) atoms. The number of hydrogen-bond donors (Lipinski definition) is 0. The third kappa shape index (κ3) is 3.04. The van der Waals surface area contributed by atoms with Crippen LogP contribution in [0.4, 0.5) is 0 Å². The minimum absolute atomic E-state index is 0.103. The van der Waals surface area contributed by atoms with Crippen LogP contribution in [0.5, 0.6) is 0 Å². The lowest BCUT2D eigenvalue weighted by molar-refractivity contribution is -0.131. The number of likely N-dealkylation sites (tertiary alicyclic amines) is 1. The molecule has 1 amide bonds. The molecule has 0 unspecified atom stereocenters. The van der Waals surface area contributed by atoms with Gasteiger partial charge in [-0.25, -0.2) is 4.98 Å². The zero-order chi connectivity index (χ0) is 17.4. The summed E-state index contributed by atoms with van der Waals surface area (Å²) in [5.74, 6) is 1.19. The van der Waals surface area contributed by atoms with Crippen molar-refractivity contribution in [2.75, 3.05) is 6.54 Å². The zero-order valence-electron chi connectivity index (χ0n) is 14.8. The van der Waals surface area contributed by atoms with Gasteiger partial charge >= 0.3 is 0 Å². The molecule has 2 aromatic carbocycles. The molecule has 128 valence electrons. The monoisotopic (exact) mass is 333 g/mol. The van der Waals surface area contributed by atoms with Gasteiger partial charge < -0.3 is 9.47 Å². The Bertz CT molecular complexity index is 928. The minimum atomic E-state index is 0.103. The van der Waals surface area contributed by atoms with Crippen molar-refractivity contribution in [3.05, 3.63) is 65.7 Å². The molecule has 4 nitrogen and oxygen atoms in total. The average Bonchev–Trinajstić information content (AvgIpc) is 3.20. The lowest BCUT2D eigenvalue weighted by Crippen LogP contribution is -2.33. The molecule has 1 aliphatic heterocycles. The fourth-order valence-corrected chi connectivity index (χ4v) is 3.90. The highest BCUT2D eigenvalue weighted by molar-refractivity contribution is 5.85. The van der Waals surface area contributed by atoms with Gasteiger partial charge in [0.05, 0.1) is 18.2 Å². The zero-order valence-corrected chi connectivity index (χ0v) is 14.8. The van der Waals surface area contributed by atoms with Gasteiger partial charge in [0.25, 0.3) is 0 Å². The maximum absolute atomic E-state index is 12.9. The molecule has 4 heteroatoms. The summed E-state index contributed by atoms with van der Waals surface area (Å²) in [4.78, 5) is 19.6. The van der Waals surface area contributed by atoms with E-state index >= 15 is 0 Å². The van der Waals surface area contributed by atoms with E-state index in [1.165, 1.54) is 10.8 Å². The molecule has 0 saturated carbocycles. The summed E-state index contributed by atoms with van der Waals surface area (Å²) in [5, 5.41) is 2.40. The van der Waals surface area contributed by atoms with Crippen LogP contribution in [0.15, 0.2) is 48.7 Å². The molecule has 4 rings (SSSR count). The van der Waals surface area contributed by atoms with Crippen molar-refractivity contribution in [3.8, 4) is 0 Å². The molecule has 0 aliphatic carbocycles. The van der Waals surface area contributed by atoms with E-state index in [-0.39, 0.29) is 11.9 Å². The molecular weight excluding hydrogens is 310 g/mol. The second-order valence-electron chi connectivity index (χ2n) is 6.95. The van der Waals surface area contributed by atoms with E-state index in [9.17, 15) is 4.79 Å². The van der Waals surface area contributed by atoms with Crippen LogP contribution in [0.3, 0.4) is 0 Å². The molecule has 1 atom stereocenters. The van der Waals surface area contributed by atoms with E-state index in [2.05, 4.69) is 39.9 Å². The van der Waals surface area contributed by atoms with Gasteiger partial charge in [0.15, 0.2) is 0 Å². The van der Waals surface area contributed by atoms with Crippen LogP contribution in [-0.4, -0.2) is 26.9 Å². The molecule has 0 bridgehead atoms. The maximum Gasteiger partial charge on any atom is 0.227 e. The number of imidazole rings is 1. The standard InChI is InChI=1S/C21H23N3O/c1-15-14-23(2)21(22-15)19-8-5-11-24(19)20(25)13-16-9-10-17-6-3-4-7-18(17)12-16/h3-4,6-7,9-10,12,14,19H,5,8,11,13H2,1-2H3/t19-/m1/s1. The number of fused-ring (bicyclic) bond motifs is 1. The molecule has 3 aromatic rings. The summed E-state index contributed by atoms with van der Waals surface area (Å²) >= 11 is 0. The molecule has 0 spiro atoms. The van der Waals surface area contributed by atoms with Crippen molar-refractivity contribution in [1.29, 1.82) is 0 Å². The van der Waals surface area contributed by atoms with E-state index in [0.717, 1.165) is 36.5 Å². The molecule has 1 aliphatic rings. The van der Waals surface area contributed by atoms with Crippen molar-refractivity contribution >= 4 is 16.7 Å². The van der Waals surface area contributed by atoms with Crippen molar-refractivity contribution in [2.24, 2.45) is 7.05 Å².